The minimum absolute atomic E-state index is 0.234. The smallest absolute Gasteiger partial charge is 0.316 e. The molecule has 0 aliphatic heterocycles. The van der Waals surface area contributed by atoms with Crippen LogP contribution in [0.2, 0.25) is 0 Å². The predicted molar refractivity (Wildman–Crippen MR) is 71.4 cm³/mol. The molecule has 1 rings (SSSR count). The predicted octanol–water partition coefficient (Wildman–Crippen LogP) is 2.57. The minimum atomic E-state index is -0.526. The summed E-state index contributed by atoms with van der Waals surface area (Å²) in [6.07, 6.45) is 1.09. The van der Waals surface area contributed by atoms with Crippen LogP contribution >= 0.6 is 11.8 Å². The highest BCUT2D eigenvalue weighted by atomic mass is 32.2. The van der Waals surface area contributed by atoms with Gasteiger partial charge in [-0.2, -0.15) is 0 Å². The van der Waals surface area contributed by atoms with Crippen molar-refractivity contribution in [2.75, 3.05) is 5.75 Å². The Balaban J connectivity index is 2.46. The molecule has 1 aromatic rings. The van der Waals surface area contributed by atoms with Gasteiger partial charge in [0.2, 0.25) is 0 Å². The molecule has 1 aromatic heterocycles. The fraction of sp³-hybridized carbons (Fsp3) is 0.538. The summed E-state index contributed by atoms with van der Waals surface area (Å²) < 4.78 is 5.19. The molecule has 0 radical (unpaired) electrons. The van der Waals surface area contributed by atoms with Crippen LogP contribution in [-0.2, 0) is 9.53 Å². The van der Waals surface area contributed by atoms with Gasteiger partial charge in [0.1, 0.15) is 5.60 Å². The standard InChI is InChI=1S/C13H19NO3S/c1-9(15)10-5-6-11(14-7-10)18-8-12(16)17-13(2,3)4/h5-7,9,15H,8H2,1-4H3/t9-/m0/s1. The first-order valence-corrected chi connectivity index (χ1v) is 6.75. The number of carbonyl (C=O) groups excluding carboxylic acids is 1. The number of thioether (sulfide) groups is 1. The largest absolute Gasteiger partial charge is 0.459 e. The first-order chi connectivity index (χ1) is 8.28. The van der Waals surface area contributed by atoms with Crippen molar-refractivity contribution in [3.05, 3.63) is 23.9 Å². The Morgan fingerprint density at radius 2 is 2.17 bits per heavy atom. The molecule has 0 saturated carbocycles. The molecule has 100 valence electrons. The molecule has 0 aliphatic carbocycles. The van der Waals surface area contributed by atoms with E-state index in [1.807, 2.05) is 20.8 Å². The lowest BCUT2D eigenvalue weighted by Gasteiger charge is -2.19. The second-order valence-corrected chi connectivity index (χ2v) is 5.98. The van der Waals surface area contributed by atoms with Gasteiger partial charge >= 0.3 is 5.97 Å². The molecule has 0 fully saturated rings. The summed E-state index contributed by atoms with van der Waals surface area (Å²) in [6, 6.07) is 3.59. The normalized spacial score (nSPS) is 13.2. The quantitative estimate of drug-likeness (QED) is 0.672. The maximum absolute atomic E-state index is 11.5. The van der Waals surface area contributed by atoms with Crippen molar-refractivity contribution >= 4 is 17.7 Å². The topological polar surface area (TPSA) is 59.4 Å². The molecule has 0 saturated heterocycles. The Hall–Kier alpha value is -1.07. The van der Waals surface area contributed by atoms with Crippen LogP contribution in [0.5, 0.6) is 0 Å². The number of aliphatic hydroxyl groups is 1. The summed E-state index contributed by atoms with van der Waals surface area (Å²) in [4.78, 5) is 15.7. The zero-order chi connectivity index (χ0) is 13.8. The van der Waals surface area contributed by atoms with Crippen molar-refractivity contribution in [3.63, 3.8) is 0 Å². The van der Waals surface area contributed by atoms with Gasteiger partial charge in [0, 0.05) is 6.20 Å². The van der Waals surface area contributed by atoms with Crippen LogP contribution in [0.1, 0.15) is 39.4 Å². The molecule has 18 heavy (non-hydrogen) atoms. The average Bonchev–Trinajstić information content (AvgIpc) is 2.24. The lowest BCUT2D eigenvalue weighted by Crippen LogP contribution is -2.24. The molecule has 1 N–H and O–H groups in total. The first kappa shape index (κ1) is 15.0. The van der Waals surface area contributed by atoms with Gasteiger partial charge in [-0.25, -0.2) is 4.98 Å². The summed E-state index contributed by atoms with van der Waals surface area (Å²) in [5.41, 5.74) is 0.304. The van der Waals surface area contributed by atoms with Crippen LogP contribution < -0.4 is 0 Å². The van der Waals surface area contributed by atoms with Crippen molar-refractivity contribution in [3.8, 4) is 0 Å². The first-order valence-electron chi connectivity index (χ1n) is 5.76. The summed E-state index contributed by atoms with van der Waals surface area (Å²) in [6.45, 7) is 7.20. The van der Waals surface area contributed by atoms with Crippen LogP contribution in [0.15, 0.2) is 23.4 Å². The fourth-order valence-electron chi connectivity index (χ4n) is 1.23. The van der Waals surface area contributed by atoms with Crippen LogP contribution in [0.3, 0.4) is 0 Å². The second-order valence-electron chi connectivity index (χ2n) is 4.98. The number of pyridine rings is 1. The Bertz CT molecular complexity index is 396. The van der Waals surface area contributed by atoms with E-state index in [9.17, 15) is 9.90 Å². The lowest BCUT2D eigenvalue weighted by atomic mass is 10.2. The van der Waals surface area contributed by atoms with Gasteiger partial charge < -0.3 is 9.84 Å². The zero-order valence-electron chi connectivity index (χ0n) is 11.1. The van der Waals surface area contributed by atoms with Crippen molar-refractivity contribution in [1.29, 1.82) is 0 Å². The Morgan fingerprint density at radius 1 is 1.50 bits per heavy atom. The molecule has 0 aliphatic rings. The number of hydrogen-bond donors (Lipinski definition) is 1. The average molecular weight is 269 g/mol. The molecule has 4 nitrogen and oxygen atoms in total. The zero-order valence-corrected chi connectivity index (χ0v) is 12.0. The number of carbonyl (C=O) groups is 1. The van der Waals surface area contributed by atoms with Gasteiger partial charge in [-0.1, -0.05) is 17.8 Å². The number of ether oxygens (including phenoxy) is 1. The minimum Gasteiger partial charge on any atom is -0.459 e. The van der Waals surface area contributed by atoms with Crippen molar-refractivity contribution in [2.45, 2.75) is 44.4 Å². The number of aromatic nitrogens is 1. The Labute approximate surface area is 112 Å². The molecule has 0 aromatic carbocycles. The Morgan fingerprint density at radius 3 is 2.61 bits per heavy atom. The monoisotopic (exact) mass is 269 g/mol. The van der Waals surface area contributed by atoms with E-state index in [-0.39, 0.29) is 11.7 Å². The van der Waals surface area contributed by atoms with E-state index in [1.165, 1.54) is 11.8 Å². The number of aliphatic hydroxyl groups excluding tert-OH is 1. The van der Waals surface area contributed by atoms with Gasteiger partial charge in [0.05, 0.1) is 16.9 Å². The van der Waals surface area contributed by atoms with Crippen molar-refractivity contribution in [1.82, 2.24) is 4.98 Å². The van der Waals surface area contributed by atoms with Gasteiger partial charge in [-0.05, 0) is 39.3 Å². The van der Waals surface area contributed by atoms with E-state index >= 15 is 0 Å². The van der Waals surface area contributed by atoms with Crippen LogP contribution in [0.4, 0.5) is 0 Å². The fourth-order valence-corrected chi connectivity index (χ4v) is 1.84. The second kappa shape index (κ2) is 6.20. The number of esters is 1. The highest BCUT2D eigenvalue weighted by molar-refractivity contribution is 7.99. The van der Waals surface area contributed by atoms with E-state index in [4.69, 9.17) is 4.74 Å². The molecular formula is C13H19NO3S. The maximum atomic E-state index is 11.5. The molecule has 1 atom stereocenters. The molecular weight excluding hydrogens is 250 g/mol. The van der Waals surface area contributed by atoms with Crippen molar-refractivity contribution in [2.24, 2.45) is 0 Å². The summed E-state index contributed by atoms with van der Waals surface area (Å²) in [5, 5.41) is 10.1. The Kier molecular flexibility index (Phi) is 5.16. The lowest BCUT2D eigenvalue weighted by molar-refractivity contribution is -0.151. The molecule has 0 unspecified atom stereocenters. The third kappa shape index (κ3) is 5.51. The molecule has 1 heterocycles. The maximum Gasteiger partial charge on any atom is 0.316 e. The number of nitrogens with zero attached hydrogens (tertiary/aromatic N) is 1. The van der Waals surface area contributed by atoms with E-state index in [1.54, 1.807) is 25.3 Å². The van der Waals surface area contributed by atoms with Gasteiger partial charge in [0.25, 0.3) is 0 Å². The molecule has 0 spiro atoms. The van der Waals surface area contributed by atoms with E-state index < -0.39 is 11.7 Å². The van der Waals surface area contributed by atoms with Crippen LogP contribution in [-0.4, -0.2) is 27.4 Å². The third-order valence-corrected chi connectivity index (χ3v) is 2.92. The summed E-state index contributed by atoms with van der Waals surface area (Å²) in [7, 11) is 0. The highest BCUT2D eigenvalue weighted by Crippen LogP contribution is 2.19. The SMILES string of the molecule is C[C@H](O)c1ccc(SCC(=O)OC(C)(C)C)nc1. The van der Waals surface area contributed by atoms with E-state index in [0.717, 1.165) is 10.6 Å². The number of rotatable bonds is 4. The van der Waals surface area contributed by atoms with Gasteiger partial charge in [-0.15, -0.1) is 0 Å². The van der Waals surface area contributed by atoms with Gasteiger partial charge in [-0.3, -0.25) is 4.79 Å². The van der Waals surface area contributed by atoms with Gasteiger partial charge in [0.15, 0.2) is 0 Å². The third-order valence-electron chi connectivity index (χ3n) is 2.00. The molecule has 5 heteroatoms. The summed E-state index contributed by atoms with van der Waals surface area (Å²) >= 11 is 1.32. The van der Waals surface area contributed by atoms with Crippen LogP contribution in [0.25, 0.3) is 0 Å². The van der Waals surface area contributed by atoms with Crippen LogP contribution in [0, 0.1) is 0 Å². The number of hydrogen-bond acceptors (Lipinski definition) is 5. The molecule has 0 bridgehead atoms. The molecule has 0 amide bonds. The highest BCUT2D eigenvalue weighted by Gasteiger charge is 2.16. The van der Waals surface area contributed by atoms with Crippen molar-refractivity contribution < 1.29 is 14.6 Å². The van der Waals surface area contributed by atoms with E-state index in [2.05, 4.69) is 4.98 Å². The summed E-state index contributed by atoms with van der Waals surface area (Å²) in [5.74, 6) is -0.0212. The van der Waals surface area contributed by atoms with E-state index in [0.29, 0.717) is 0 Å².